The van der Waals surface area contributed by atoms with Gasteiger partial charge >= 0.3 is 11.7 Å². The Bertz CT molecular complexity index is 1600. The van der Waals surface area contributed by atoms with Crippen molar-refractivity contribution in [2.45, 2.75) is 58.3 Å². The molecule has 0 bridgehead atoms. The lowest BCUT2D eigenvalue weighted by Crippen LogP contribution is -2.51. The van der Waals surface area contributed by atoms with E-state index in [1.807, 2.05) is 55.1 Å². The molecule has 222 valence electrons. The number of nitrogens with zero attached hydrogens (tertiary/aromatic N) is 4. The molecule has 42 heavy (non-hydrogen) atoms. The number of urea groups is 1. The van der Waals surface area contributed by atoms with Gasteiger partial charge in [0.25, 0.3) is 5.56 Å². The van der Waals surface area contributed by atoms with Crippen LogP contribution >= 0.6 is 0 Å². The van der Waals surface area contributed by atoms with Crippen LogP contribution in [-0.2, 0) is 24.3 Å². The van der Waals surface area contributed by atoms with Crippen LogP contribution in [0.15, 0.2) is 58.3 Å². The fraction of sp³-hybridized carbons (Fsp3) is 0.419. The van der Waals surface area contributed by atoms with E-state index in [9.17, 15) is 29.4 Å². The quantitative estimate of drug-likeness (QED) is 0.393. The maximum atomic E-state index is 13.4. The number of carbonyl (C=O) groups excluding carboxylic acids is 2. The molecule has 0 saturated carbocycles. The molecule has 2 aliphatic rings. The second kappa shape index (κ2) is 12.3. The van der Waals surface area contributed by atoms with Crippen LogP contribution in [0.5, 0.6) is 0 Å². The molecule has 2 aromatic carbocycles. The normalized spacial score (nSPS) is 16.5. The average molecular weight is 576 g/mol. The summed E-state index contributed by atoms with van der Waals surface area (Å²) in [6.45, 7) is 3.97. The van der Waals surface area contributed by atoms with Gasteiger partial charge in [0, 0.05) is 37.6 Å². The number of aliphatic hydroxyl groups is 2. The van der Waals surface area contributed by atoms with Crippen LogP contribution in [0.25, 0.3) is 11.1 Å². The van der Waals surface area contributed by atoms with Gasteiger partial charge in [0.05, 0.1) is 24.8 Å². The second-order valence-electron chi connectivity index (χ2n) is 11.1. The number of amides is 3. The van der Waals surface area contributed by atoms with Crippen LogP contribution in [0.1, 0.15) is 29.5 Å². The molecule has 11 nitrogen and oxygen atoms in total. The van der Waals surface area contributed by atoms with E-state index >= 15 is 0 Å². The summed E-state index contributed by atoms with van der Waals surface area (Å²) >= 11 is 0. The number of anilines is 1. The van der Waals surface area contributed by atoms with E-state index in [0.717, 1.165) is 33.4 Å². The number of rotatable bonds is 7. The molecule has 2 aliphatic heterocycles. The summed E-state index contributed by atoms with van der Waals surface area (Å²) in [6, 6.07) is 13.2. The van der Waals surface area contributed by atoms with Gasteiger partial charge in [-0.1, -0.05) is 36.4 Å². The first-order valence-electron chi connectivity index (χ1n) is 14.3. The summed E-state index contributed by atoms with van der Waals surface area (Å²) in [5, 5.41) is 22.4. The van der Waals surface area contributed by atoms with Gasteiger partial charge in [-0.15, -0.1) is 0 Å². The Morgan fingerprint density at radius 2 is 1.74 bits per heavy atom. The molecule has 0 unspecified atom stereocenters. The Morgan fingerprint density at radius 1 is 1.00 bits per heavy atom. The molecule has 1 saturated heterocycles. The minimum atomic E-state index is -1.31. The number of aliphatic hydroxyl groups excluding tert-OH is 2. The summed E-state index contributed by atoms with van der Waals surface area (Å²) < 4.78 is 2.09. The van der Waals surface area contributed by atoms with Crippen LogP contribution in [-0.4, -0.2) is 79.5 Å². The van der Waals surface area contributed by atoms with E-state index in [-0.39, 0.29) is 30.1 Å². The number of fused-ring (bicyclic) bond motifs is 1. The van der Waals surface area contributed by atoms with E-state index in [0.29, 0.717) is 38.0 Å². The number of likely N-dealkylation sites (tertiary alicyclic amines) is 1. The first-order chi connectivity index (χ1) is 20.2. The molecule has 3 heterocycles. The number of benzene rings is 2. The number of para-hydroxylation sites is 1. The highest BCUT2D eigenvalue weighted by molar-refractivity contribution is 5.91. The number of hydrogen-bond donors (Lipinski definition) is 3. The number of aryl methyl sites for hydroxylation is 1. The van der Waals surface area contributed by atoms with Crippen molar-refractivity contribution < 1.29 is 19.8 Å². The summed E-state index contributed by atoms with van der Waals surface area (Å²) in [7, 11) is 0. The van der Waals surface area contributed by atoms with Crippen LogP contribution in [0.4, 0.5) is 10.5 Å². The van der Waals surface area contributed by atoms with Gasteiger partial charge in [-0.3, -0.25) is 18.7 Å². The Hall–Kier alpha value is -4.22. The van der Waals surface area contributed by atoms with Crippen molar-refractivity contribution in [2.24, 2.45) is 0 Å². The standard InChI is InChI=1S/C31H37N5O6/c1-20-6-5-8-25(21(20)2)26-17-34(31(42)36(29(26)40)16-24(38)19-37)18-28(39)33-13-11-23(12-14-33)35-15-10-22-7-3-4-9-27(22)32-30(35)41/h3-9,17,23-24,37-38H,10-16,18-19H2,1-2H3,(H,32,41)/t24-/m1/s1. The average Bonchev–Trinajstić information content (AvgIpc) is 3.16. The van der Waals surface area contributed by atoms with Gasteiger partial charge < -0.3 is 25.3 Å². The molecule has 0 radical (unpaired) electrons. The minimum absolute atomic E-state index is 0.0103. The summed E-state index contributed by atoms with van der Waals surface area (Å²) in [6.07, 6.45) is 2.08. The molecule has 1 fully saturated rings. The zero-order chi connectivity index (χ0) is 30.0. The highest BCUT2D eigenvalue weighted by Crippen LogP contribution is 2.25. The molecule has 5 rings (SSSR count). The lowest BCUT2D eigenvalue weighted by Gasteiger charge is -2.38. The summed E-state index contributed by atoms with van der Waals surface area (Å²) in [4.78, 5) is 56.6. The summed E-state index contributed by atoms with van der Waals surface area (Å²) in [5.41, 5.74) is 3.30. The molecule has 0 spiro atoms. The van der Waals surface area contributed by atoms with Crippen LogP contribution < -0.4 is 16.6 Å². The third-order valence-corrected chi connectivity index (χ3v) is 8.44. The molecule has 1 aromatic heterocycles. The van der Waals surface area contributed by atoms with Crippen LogP contribution in [0.3, 0.4) is 0 Å². The third kappa shape index (κ3) is 5.88. The van der Waals surface area contributed by atoms with E-state index in [1.165, 1.54) is 10.8 Å². The lowest BCUT2D eigenvalue weighted by molar-refractivity contribution is -0.133. The molecule has 11 heteroatoms. The van der Waals surface area contributed by atoms with Crippen molar-refractivity contribution >= 4 is 17.6 Å². The first kappa shape index (κ1) is 29.3. The third-order valence-electron chi connectivity index (χ3n) is 8.44. The molecule has 0 aliphatic carbocycles. The van der Waals surface area contributed by atoms with Crippen molar-refractivity contribution in [3.63, 3.8) is 0 Å². The number of aromatic nitrogens is 2. The van der Waals surface area contributed by atoms with Crippen molar-refractivity contribution in [3.05, 3.63) is 86.2 Å². The number of hydrogen-bond acceptors (Lipinski definition) is 6. The lowest BCUT2D eigenvalue weighted by atomic mass is 9.99. The zero-order valence-electron chi connectivity index (χ0n) is 24.0. The number of piperidine rings is 1. The molecule has 3 N–H and O–H groups in total. The number of nitrogens with one attached hydrogen (secondary N) is 1. The van der Waals surface area contributed by atoms with Crippen LogP contribution in [0.2, 0.25) is 0 Å². The molecular formula is C31H37N5O6. The predicted molar refractivity (Wildman–Crippen MR) is 158 cm³/mol. The second-order valence-corrected chi connectivity index (χ2v) is 11.1. The maximum Gasteiger partial charge on any atom is 0.331 e. The first-order valence-corrected chi connectivity index (χ1v) is 14.3. The Morgan fingerprint density at radius 3 is 2.48 bits per heavy atom. The smallest absolute Gasteiger partial charge is 0.331 e. The van der Waals surface area contributed by atoms with Crippen LogP contribution in [0, 0.1) is 13.8 Å². The SMILES string of the molecule is Cc1cccc(-c2cn(CC(=O)N3CCC(N4CCc5ccccc5NC4=O)CC3)c(=O)n(C[C@@H](O)CO)c2=O)c1C. The Kier molecular flexibility index (Phi) is 8.60. The van der Waals surface area contributed by atoms with Crippen molar-refractivity contribution in [1.82, 2.24) is 18.9 Å². The molecule has 3 amide bonds. The van der Waals surface area contributed by atoms with Crippen molar-refractivity contribution in [1.29, 1.82) is 0 Å². The minimum Gasteiger partial charge on any atom is -0.394 e. The van der Waals surface area contributed by atoms with E-state index < -0.39 is 30.5 Å². The highest BCUT2D eigenvalue weighted by atomic mass is 16.3. The molecular weight excluding hydrogens is 538 g/mol. The van der Waals surface area contributed by atoms with Gasteiger partial charge in [-0.05, 0) is 61.4 Å². The monoisotopic (exact) mass is 575 g/mol. The fourth-order valence-electron chi connectivity index (χ4n) is 5.83. The molecule has 1 atom stereocenters. The van der Waals surface area contributed by atoms with Gasteiger partial charge in [0.15, 0.2) is 0 Å². The molecule has 3 aromatic rings. The van der Waals surface area contributed by atoms with Crippen molar-refractivity contribution in [3.8, 4) is 11.1 Å². The Balaban J connectivity index is 1.33. The fourth-order valence-corrected chi connectivity index (χ4v) is 5.83. The van der Waals surface area contributed by atoms with Gasteiger partial charge in [0.2, 0.25) is 5.91 Å². The van der Waals surface area contributed by atoms with E-state index in [1.54, 1.807) is 11.0 Å². The predicted octanol–water partition coefficient (Wildman–Crippen LogP) is 1.73. The zero-order valence-corrected chi connectivity index (χ0v) is 24.0. The van der Waals surface area contributed by atoms with Gasteiger partial charge in [-0.2, -0.15) is 0 Å². The van der Waals surface area contributed by atoms with Gasteiger partial charge in [0.1, 0.15) is 6.54 Å². The van der Waals surface area contributed by atoms with Gasteiger partial charge in [-0.25, -0.2) is 9.59 Å². The van der Waals surface area contributed by atoms with Crippen molar-refractivity contribution in [2.75, 3.05) is 31.6 Å². The Labute approximate surface area is 243 Å². The summed E-state index contributed by atoms with van der Waals surface area (Å²) in [5.74, 6) is -0.275. The van der Waals surface area contributed by atoms with E-state index in [4.69, 9.17) is 0 Å². The van der Waals surface area contributed by atoms with E-state index in [2.05, 4.69) is 5.32 Å². The topological polar surface area (TPSA) is 137 Å². The maximum absolute atomic E-state index is 13.4. The highest BCUT2D eigenvalue weighted by Gasteiger charge is 2.31. The number of carbonyl (C=O) groups is 2. The largest absolute Gasteiger partial charge is 0.394 e.